The van der Waals surface area contributed by atoms with Gasteiger partial charge in [0.2, 0.25) is 5.91 Å². The summed E-state index contributed by atoms with van der Waals surface area (Å²) in [7, 11) is 0. The highest BCUT2D eigenvalue weighted by Crippen LogP contribution is 2.29. The molecule has 7 heteroatoms. The minimum atomic E-state index is -0.329. The molecule has 1 atom stereocenters. The van der Waals surface area contributed by atoms with Gasteiger partial charge in [-0.3, -0.25) is 4.79 Å². The second-order valence-electron chi connectivity index (χ2n) is 5.17. The highest BCUT2D eigenvalue weighted by molar-refractivity contribution is 8.00. The number of carbonyl (C=O) groups excluding carboxylic acids is 1. The molecule has 0 bridgehead atoms. The fraction of sp³-hybridized carbons (Fsp3) is 0.250. The third-order valence-electron chi connectivity index (χ3n) is 3.22. The van der Waals surface area contributed by atoms with Crippen LogP contribution in [0.2, 0.25) is 0 Å². The van der Waals surface area contributed by atoms with Crippen LogP contribution in [0, 0.1) is 13.8 Å². The van der Waals surface area contributed by atoms with Crippen LogP contribution in [0.15, 0.2) is 39.9 Å². The molecule has 23 heavy (non-hydrogen) atoms. The van der Waals surface area contributed by atoms with Crippen molar-refractivity contribution in [3.63, 3.8) is 0 Å². The molecule has 1 N–H and O–H groups in total. The molecule has 2 aromatic heterocycles. The first kappa shape index (κ1) is 15.5. The van der Waals surface area contributed by atoms with Gasteiger partial charge >= 0.3 is 0 Å². The number of rotatable bonds is 4. The van der Waals surface area contributed by atoms with Gasteiger partial charge in [-0.1, -0.05) is 35.1 Å². The monoisotopic (exact) mass is 328 g/mol. The first-order valence-electron chi connectivity index (χ1n) is 7.17. The second kappa shape index (κ2) is 6.37. The van der Waals surface area contributed by atoms with Crippen LogP contribution in [-0.2, 0) is 4.79 Å². The van der Waals surface area contributed by atoms with Crippen molar-refractivity contribution in [2.24, 2.45) is 0 Å². The lowest BCUT2D eigenvalue weighted by Crippen LogP contribution is -2.22. The van der Waals surface area contributed by atoms with Crippen molar-refractivity contribution in [3.05, 3.63) is 41.9 Å². The highest BCUT2D eigenvalue weighted by atomic mass is 32.2. The normalized spacial score (nSPS) is 12.3. The van der Waals surface area contributed by atoms with Crippen LogP contribution in [0.5, 0.6) is 0 Å². The molecule has 0 fully saturated rings. The summed E-state index contributed by atoms with van der Waals surface area (Å²) in [5.74, 6) is 1.61. The molecule has 118 valence electrons. The second-order valence-corrected chi connectivity index (χ2v) is 6.49. The Hall–Kier alpha value is -2.41. The fourth-order valence-electron chi connectivity index (χ4n) is 2.12. The first-order valence-corrected chi connectivity index (χ1v) is 8.05. The molecule has 1 amide bonds. The molecule has 3 aromatic rings. The number of para-hydroxylation sites is 1. The maximum atomic E-state index is 12.3. The minimum Gasteiger partial charge on any atom is -0.360 e. The van der Waals surface area contributed by atoms with E-state index in [0.717, 1.165) is 15.9 Å². The Morgan fingerprint density at radius 3 is 2.78 bits per heavy atom. The van der Waals surface area contributed by atoms with Gasteiger partial charge in [0.05, 0.1) is 10.8 Å². The summed E-state index contributed by atoms with van der Waals surface area (Å²) in [6.45, 7) is 5.45. The van der Waals surface area contributed by atoms with E-state index in [1.165, 1.54) is 11.8 Å². The number of nitrogens with one attached hydrogen (secondary N) is 1. The fourth-order valence-corrected chi connectivity index (χ4v) is 3.11. The van der Waals surface area contributed by atoms with E-state index >= 15 is 0 Å². The van der Waals surface area contributed by atoms with Gasteiger partial charge in [0.15, 0.2) is 5.82 Å². The molecule has 0 aliphatic heterocycles. The third kappa shape index (κ3) is 3.50. The lowest BCUT2D eigenvalue weighted by atomic mass is 10.2. The van der Waals surface area contributed by atoms with Gasteiger partial charge in [-0.05, 0) is 26.8 Å². The number of benzene rings is 1. The van der Waals surface area contributed by atoms with Crippen molar-refractivity contribution in [2.75, 3.05) is 5.32 Å². The lowest BCUT2D eigenvalue weighted by Gasteiger charge is -2.12. The van der Waals surface area contributed by atoms with Gasteiger partial charge in [-0.2, -0.15) is 0 Å². The summed E-state index contributed by atoms with van der Waals surface area (Å²) in [6, 6.07) is 9.46. The van der Waals surface area contributed by atoms with Crippen LogP contribution in [0.3, 0.4) is 0 Å². The maximum Gasteiger partial charge on any atom is 0.238 e. The number of fused-ring (bicyclic) bond motifs is 1. The number of anilines is 1. The lowest BCUT2D eigenvalue weighted by molar-refractivity contribution is -0.115. The number of aryl methyl sites for hydroxylation is 2. The predicted molar refractivity (Wildman–Crippen MR) is 89.5 cm³/mol. The number of thioether (sulfide) groups is 1. The largest absolute Gasteiger partial charge is 0.360 e. The van der Waals surface area contributed by atoms with Crippen LogP contribution in [-0.4, -0.2) is 26.3 Å². The first-order chi connectivity index (χ1) is 11.0. The Bertz CT molecular complexity index is 862. The Morgan fingerprint density at radius 2 is 2.04 bits per heavy atom. The summed E-state index contributed by atoms with van der Waals surface area (Å²) in [5.41, 5.74) is 0.877. The predicted octanol–water partition coefficient (Wildman–Crippen LogP) is 3.35. The van der Waals surface area contributed by atoms with E-state index in [4.69, 9.17) is 4.52 Å². The van der Waals surface area contributed by atoms with E-state index in [0.29, 0.717) is 17.4 Å². The van der Waals surface area contributed by atoms with Crippen molar-refractivity contribution in [1.82, 2.24) is 15.1 Å². The van der Waals surface area contributed by atoms with Gasteiger partial charge < -0.3 is 9.84 Å². The average molecular weight is 328 g/mol. The van der Waals surface area contributed by atoms with Gasteiger partial charge in [0.1, 0.15) is 16.6 Å². The number of amides is 1. The van der Waals surface area contributed by atoms with Crippen LogP contribution in [0.4, 0.5) is 5.82 Å². The van der Waals surface area contributed by atoms with E-state index in [1.807, 2.05) is 38.1 Å². The molecule has 0 aliphatic carbocycles. The molecule has 0 aliphatic rings. The molecule has 3 rings (SSSR count). The zero-order chi connectivity index (χ0) is 16.4. The molecule has 0 spiro atoms. The van der Waals surface area contributed by atoms with E-state index in [1.54, 1.807) is 13.0 Å². The van der Waals surface area contributed by atoms with E-state index < -0.39 is 0 Å². The smallest absolute Gasteiger partial charge is 0.238 e. The van der Waals surface area contributed by atoms with Gasteiger partial charge in [0, 0.05) is 11.5 Å². The molecular weight excluding hydrogens is 312 g/mol. The standard InChI is InChI=1S/C16H16N4O2S/c1-9-8-14(20-22-9)19-15(21)10(2)23-16-12-6-4-5-7-13(12)17-11(3)18-16/h4-8,10H,1-3H3,(H,19,20,21)/t10-/m0/s1. The maximum absolute atomic E-state index is 12.3. The van der Waals surface area contributed by atoms with Gasteiger partial charge in [0.25, 0.3) is 0 Å². The quantitative estimate of drug-likeness (QED) is 0.584. The molecule has 0 saturated carbocycles. The van der Waals surface area contributed by atoms with Crippen molar-refractivity contribution in [1.29, 1.82) is 0 Å². The summed E-state index contributed by atoms with van der Waals surface area (Å²) >= 11 is 1.40. The molecular formula is C16H16N4O2S. The number of hydrogen-bond donors (Lipinski definition) is 1. The van der Waals surface area contributed by atoms with Crippen LogP contribution in [0.25, 0.3) is 10.9 Å². The third-order valence-corrected chi connectivity index (χ3v) is 4.32. The topological polar surface area (TPSA) is 80.9 Å². The molecule has 6 nitrogen and oxygen atoms in total. The Morgan fingerprint density at radius 1 is 1.26 bits per heavy atom. The molecule has 0 saturated heterocycles. The van der Waals surface area contributed by atoms with Crippen LogP contribution >= 0.6 is 11.8 Å². The number of carbonyl (C=O) groups is 1. The molecule has 2 heterocycles. The Kier molecular flexibility index (Phi) is 4.29. The number of nitrogens with zero attached hydrogens (tertiary/aromatic N) is 3. The summed E-state index contributed by atoms with van der Waals surface area (Å²) in [4.78, 5) is 21.2. The summed E-state index contributed by atoms with van der Waals surface area (Å²) in [5, 5.41) is 7.92. The zero-order valence-corrected chi connectivity index (χ0v) is 13.8. The molecule has 0 unspecified atom stereocenters. The Balaban J connectivity index is 1.79. The number of aromatic nitrogens is 3. The SMILES string of the molecule is Cc1nc(S[C@@H](C)C(=O)Nc2cc(C)on2)c2ccccc2n1. The van der Waals surface area contributed by atoms with Crippen molar-refractivity contribution >= 4 is 34.4 Å². The van der Waals surface area contributed by atoms with Crippen molar-refractivity contribution < 1.29 is 9.32 Å². The van der Waals surface area contributed by atoms with E-state index in [9.17, 15) is 4.79 Å². The van der Waals surface area contributed by atoms with E-state index in [2.05, 4.69) is 20.4 Å². The average Bonchev–Trinajstić information content (AvgIpc) is 2.92. The van der Waals surface area contributed by atoms with Gasteiger partial charge in [-0.25, -0.2) is 9.97 Å². The Labute approximate surface area is 137 Å². The highest BCUT2D eigenvalue weighted by Gasteiger charge is 2.18. The number of hydrogen-bond acceptors (Lipinski definition) is 6. The van der Waals surface area contributed by atoms with Crippen LogP contribution in [0.1, 0.15) is 18.5 Å². The van der Waals surface area contributed by atoms with Crippen LogP contribution < -0.4 is 5.32 Å². The summed E-state index contributed by atoms with van der Waals surface area (Å²) < 4.78 is 4.94. The van der Waals surface area contributed by atoms with Gasteiger partial charge in [-0.15, -0.1) is 0 Å². The minimum absolute atomic E-state index is 0.149. The van der Waals surface area contributed by atoms with Crippen molar-refractivity contribution in [3.8, 4) is 0 Å². The molecule has 1 aromatic carbocycles. The van der Waals surface area contributed by atoms with Crippen molar-refractivity contribution in [2.45, 2.75) is 31.0 Å². The molecule has 0 radical (unpaired) electrons. The van der Waals surface area contributed by atoms with E-state index in [-0.39, 0.29) is 11.2 Å². The summed E-state index contributed by atoms with van der Waals surface area (Å²) in [6.07, 6.45) is 0. The zero-order valence-electron chi connectivity index (χ0n) is 13.0.